The Morgan fingerprint density at radius 2 is 1.96 bits per heavy atom. The quantitative estimate of drug-likeness (QED) is 0.795. The number of aryl methyl sites for hydroxylation is 1. The molecule has 2 aliphatic rings. The molecule has 7 nitrogen and oxygen atoms in total. The molecule has 0 radical (unpaired) electrons. The van der Waals surface area contributed by atoms with E-state index < -0.39 is 10.0 Å². The van der Waals surface area contributed by atoms with Gasteiger partial charge in [0.15, 0.2) is 0 Å². The first kappa shape index (κ1) is 20.3. The molecule has 2 atom stereocenters. The van der Waals surface area contributed by atoms with Crippen LogP contribution in [0.5, 0.6) is 0 Å². The Kier molecular flexibility index (Phi) is 6.22. The molecule has 150 valence electrons. The summed E-state index contributed by atoms with van der Waals surface area (Å²) in [5, 5.41) is 4.79. The Morgan fingerprint density at radius 1 is 1.22 bits per heavy atom. The van der Waals surface area contributed by atoms with Crippen LogP contribution in [0.25, 0.3) is 0 Å². The molecular formula is C18H27N3O4S2. The molecule has 1 aromatic rings. The van der Waals surface area contributed by atoms with Crippen molar-refractivity contribution in [2.75, 3.05) is 32.4 Å². The van der Waals surface area contributed by atoms with Crippen molar-refractivity contribution in [3.8, 4) is 0 Å². The number of amides is 2. The lowest BCUT2D eigenvalue weighted by Crippen LogP contribution is -2.55. The number of carbonyl (C=O) groups excluding carboxylic acids is 2. The highest BCUT2D eigenvalue weighted by molar-refractivity contribution is 7.88. The van der Waals surface area contributed by atoms with Crippen LogP contribution in [0.2, 0.25) is 0 Å². The number of fused-ring (bicyclic) bond motifs is 1. The number of hydrogen-bond acceptors (Lipinski definition) is 5. The summed E-state index contributed by atoms with van der Waals surface area (Å²) in [6, 6.07) is 1.57. The van der Waals surface area contributed by atoms with Crippen LogP contribution in [-0.2, 0) is 14.8 Å². The Balaban J connectivity index is 1.86. The van der Waals surface area contributed by atoms with Gasteiger partial charge in [0.2, 0.25) is 15.9 Å². The van der Waals surface area contributed by atoms with Crippen molar-refractivity contribution in [3.63, 3.8) is 0 Å². The van der Waals surface area contributed by atoms with E-state index in [4.69, 9.17) is 0 Å². The fourth-order valence-electron chi connectivity index (χ4n) is 4.05. The van der Waals surface area contributed by atoms with Gasteiger partial charge in [-0.1, -0.05) is 12.8 Å². The smallest absolute Gasteiger partial charge is 0.264 e. The van der Waals surface area contributed by atoms with Gasteiger partial charge in [0, 0.05) is 32.2 Å². The number of nitrogens with one attached hydrogen (secondary N) is 1. The highest BCUT2D eigenvalue weighted by Crippen LogP contribution is 2.30. The van der Waals surface area contributed by atoms with Gasteiger partial charge in [-0.2, -0.15) is 4.31 Å². The third kappa shape index (κ3) is 4.52. The number of hydrogen-bond donors (Lipinski definition) is 1. The Labute approximate surface area is 164 Å². The zero-order valence-electron chi connectivity index (χ0n) is 15.8. The van der Waals surface area contributed by atoms with Gasteiger partial charge < -0.3 is 10.2 Å². The van der Waals surface area contributed by atoms with Crippen LogP contribution in [0, 0.1) is 12.8 Å². The summed E-state index contributed by atoms with van der Waals surface area (Å²) in [5.74, 6) is -0.517. The second-order valence-electron chi connectivity index (χ2n) is 7.35. The van der Waals surface area contributed by atoms with Crippen molar-refractivity contribution in [2.24, 2.45) is 5.92 Å². The van der Waals surface area contributed by atoms with Gasteiger partial charge in [0.1, 0.15) is 0 Å². The van der Waals surface area contributed by atoms with Gasteiger partial charge in [0.05, 0.1) is 17.1 Å². The number of sulfonamides is 1. The van der Waals surface area contributed by atoms with Crippen molar-refractivity contribution in [1.82, 2.24) is 14.5 Å². The lowest BCUT2D eigenvalue weighted by atomic mass is 9.83. The van der Waals surface area contributed by atoms with Gasteiger partial charge in [0.25, 0.3) is 5.91 Å². The van der Waals surface area contributed by atoms with Crippen molar-refractivity contribution in [3.05, 3.63) is 21.9 Å². The highest BCUT2D eigenvalue weighted by Gasteiger charge is 2.39. The van der Waals surface area contributed by atoms with Gasteiger partial charge in [-0.3, -0.25) is 9.59 Å². The maximum absolute atomic E-state index is 12.9. The first-order valence-electron chi connectivity index (χ1n) is 9.37. The summed E-state index contributed by atoms with van der Waals surface area (Å²) >= 11 is 1.39. The molecule has 0 aromatic carbocycles. The molecule has 9 heteroatoms. The van der Waals surface area contributed by atoms with E-state index in [1.54, 1.807) is 4.90 Å². The summed E-state index contributed by atoms with van der Waals surface area (Å²) in [4.78, 5) is 27.9. The Bertz CT molecular complexity index is 805. The van der Waals surface area contributed by atoms with E-state index >= 15 is 0 Å². The summed E-state index contributed by atoms with van der Waals surface area (Å²) in [7, 11) is -3.48. The van der Waals surface area contributed by atoms with E-state index in [1.165, 1.54) is 21.9 Å². The Morgan fingerprint density at radius 3 is 2.63 bits per heavy atom. The zero-order chi connectivity index (χ0) is 19.6. The van der Waals surface area contributed by atoms with E-state index in [9.17, 15) is 18.0 Å². The fourth-order valence-corrected chi connectivity index (χ4v) is 6.10. The first-order valence-corrected chi connectivity index (χ1v) is 12.1. The number of thiophene rings is 1. The monoisotopic (exact) mass is 413 g/mol. The third-order valence-corrected chi connectivity index (χ3v) is 7.79. The van der Waals surface area contributed by atoms with Crippen LogP contribution < -0.4 is 5.32 Å². The van der Waals surface area contributed by atoms with Crippen LogP contribution in [0.3, 0.4) is 0 Å². The molecule has 2 fully saturated rings. The van der Waals surface area contributed by atoms with Gasteiger partial charge in [-0.25, -0.2) is 8.42 Å². The second-order valence-corrected chi connectivity index (χ2v) is 10.2. The molecule has 1 saturated heterocycles. The SMILES string of the molecule is Cc1ccsc1C(=O)N1CCNC(=O)C2CCCCC2N(S(C)(=O)=O)CC1. The molecule has 1 aromatic heterocycles. The van der Waals surface area contributed by atoms with Gasteiger partial charge in [-0.05, 0) is 36.8 Å². The normalized spacial score (nSPS) is 25.6. The molecule has 0 spiro atoms. The third-order valence-electron chi connectivity index (χ3n) is 5.48. The van der Waals surface area contributed by atoms with Crippen LogP contribution in [0.1, 0.15) is 40.9 Å². The molecule has 0 bridgehead atoms. The largest absolute Gasteiger partial charge is 0.354 e. The summed E-state index contributed by atoms with van der Waals surface area (Å²) < 4.78 is 26.4. The number of nitrogens with zero attached hydrogens (tertiary/aromatic N) is 2. The molecular weight excluding hydrogens is 386 g/mol. The van der Waals surface area contributed by atoms with Crippen LogP contribution in [-0.4, -0.2) is 67.9 Å². The van der Waals surface area contributed by atoms with Gasteiger partial charge >= 0.3 is 0 Å². The predicted molar refractivity (Wildman–Crippen MR) is 105 cm³/mol. The van der Waals surface area contributed by atoms with Crippen molar-refractivity contribution in [2.45, 2.75) is 38.6 Å². The van der Waals surface area contributed by atoms with Crippen molar-refractivity contribution >= 4 is 33.2 Å². The zero-order valence-corrected chi connectivity index (χ0v) is 17.4. The molecule has 27 heavy (non-hydrogen) atoms. The minimum absolute atomic E-state index is 0.102. The molecule has 1 saturated carbocycles. The van der Waals surface area contributed by atoms with Crippen molar-refractivity contribution in [1.29, 1.82) is 0 Å². The summed E-state index contributed by atoms with van der Waals surface area (Å²) in [6.07, 6.45) is 4.44. The number of rotatable bonds is 2. The maximum atomic E-state index is 12.9. The summed E-state index contributed by atoms with van der Waals surface area (Å²) in [6.45, 7) is 3.20. The van der Waals surface area contributed by atoms with E-state index in [0.29, 0.717) is 37.4 Å². The lowest BCUT2D eigenvalue weighted by Gasteiger charge is -2.39. The average Bonchev–Trinajstić information content (AvgIpc) is 3.04. The molecule has 3 rings (SSSR count). The minimum Gasteiger partial charge on any atom is -0.354 e. The molecule has 2 heterocycles. The number of carbonyl (C=O) groups is 2. The lowest BCUT2D eigenvalue weighted by molar-refractivity contribution is -0.127. The molecule has 1 N–H and O–H groups in total. The van der Waals surface area contributed by atoms with Crippen LogP contribution >= 0.6 is 11.3 Å². The van der Waals surface area contributed by atoms with E-state index in [-0.39, 0.29) is 30.3 Å². The van der Waals surface area contributed by atoms with Crippen LogP contribution in [0.4, 0.5) is 0 Å². The standard InChI is InChI=1S/C18H27N3O4S2/c1-13-7-12-26-16(13)18(23)20-9-8-19-17(22)14-5-3-4-6-15(14)21(11-10-20)27(2,24)25/h7,12,14-15H,3-6,8-11H2,1-2H3,(H,19,22). The van der Waals surface area contributed by atoms with Gasteiger partial charge in [-0.15, -0.1) is 11.3 Å². The minimum atomic E-state index is -3.48. The molecule has 1 aliphatic heterocycles. The molecule has 2 amide bonds. The molecule has 1 aliphatic carbocycles. The maximum Gasteiger partial charge on any atom is 0.264 e. The predicted octanol–water partition coefficient (Wildman–Crippen LogP) is 1.45. The van der Waals surface area contributed by atoms with E-state index in [2.05, 4.69) is 5.32 Å². The van der Waals surface area contributed by atoms with Crippen molar-refractivity contribution < 1.29 is 18.0 Å². The average molecular weight is 414 g/mol. The second kappa shape index (κ2) is 8.28. The van der Waals surface area contributed by atoms with E-state index in [0.717, 1.165) is 18.4 Å². The first-order chi connectivity index (χ1) is 12.8. The summed E-state index contributed by atoms with van der Waals surface area (Å²) in [5.41, 5.74) is 0.915. The topological polar surface area (TPSA) is 86.8 Å². The van der Waals surface area contributed by atoms with Crippen LogP contribution in [0.15, 0.2) is 11.4 Å². The molecule has 2 unspecified atom stereocenters. The van der Waals surface area contributed by atoms with E-state index in [1.807, 2.05) is 18.4 Å². The fraction of sp³-hybridized carbons (Fsp3) is 0.667. The Hall–Kier alpha value is -1.45. The highest BCUT2D eigenvalue weighted by atomic mass is 32.2.